The monoisotopic (exact) mass is 488 g/mol. The molecule has 2 aromatic rings. The number of alkyl halides is 3. The number of hydrogen-bond acceptors (Lipinski definition) is 6. The van der Waals surface area contributed by atoms with Crippen LogP contribution in [-0.4, -0.2) is 69.7 Å². The Morgan fingerprint density at radius 2 is 1.76 bits per heavy atom. The highest BCUT2D eigenvalue weighted by atomic mass is 32.2. The molecule has 0 amide bonds. The molecule has 180 valence electrons. The molecule has 0 aliphatic carbocycles. The van der Waals surface area contributed by atoms with Gasteiger partial charge >= 0.3 is 6.18 Å². The minimum absolute atomic E-state index is 0.0105. The van der Waals surface area contributed by atoms with E-state index in [1.807, 2.05) is 4.90 Å². The lowest BCUT2D eigenvalue weighted by Gasteiger charge is -2.40. The van der Waals surface area contributed by atoms with Crippen LogP contribution in [0.1, 0.15) is 12.5 Å². The Morgan fingerprint density at radius 1 is 1.03 bits per heavy atom. The number of hydrogen-bond donors (Lipinski definition) is 0. The standard InChI is InChI=1S/C21H24F4N4O3S/c1-15-14-28(19-4-2-16(22)12-18(19)21(23,24)25)6-7-29(15)33(30,31)17-3-5-20(26-13-17)27-8-10-32-11-9-27/h2-5,12-13,15H,6-11,14H2,1H3/t15-/m1/s1. The molecule has 0 N–H and O–H groups in total. The maximum atomic E-state index is 13.5. The van der Waals surface area contributed by atoms with Crippen molar-refractivity contribution in [3.8, 4) is 0 Å². The van der Waals surface area contributed by atoms with Gasteiger partial charge in [-0.1, -0.05) is 0 Å². The SMILES string of the molecule is C[C@@H]1CN(c2ccc(F)cc2C(F)(F)F)CCN1S(=O)(=O)c1ccc(N2CCOCC2)nc1. The van der Waals surface area contributed by atoms with Crippen LogP contribution < -0.4 is 9.80 Å². The lowest BCUT2D eigenvalue weighted by Crippen LogP contribution is -2.54. The lowest BCUT2D eigenvalue weighted by atomic mass is 10.1. The average molecular weight is 489 g/mol. The fraction of sp³-hybridized carbons (Fsp3) is 0.476. The first-order chi connectivity index (χ1) is 15.6. The van der Waals surface area contributed by atoms with E-state index in [0.29, 0.717) is 38.2 Å². The van der Waals surface area contributed by atoms with Crippen LogP contribution in [0.5, 0.6) is 0 Å². The zero-order valence-corrected chi connectivity index (χ0v) is 18.7. The molecule has 2 aliphatic heterocycles. The molecule has 1 aromatic heterocycles. The summed E-state index contributed by atoms with van der Waals surface area (Å²) in [5.41, 5.74) is -1.24. The van der Waals surface area contributed by atoms with Crippen LogP contribution in [0.25, 0.3) is 0 Å². The number of nitrogens with zero attached hydrogens (tertiary/aromatic N) is 4. The molecule has 3 heterocycles. The first-order valence-corrected chi connectivity index (χ1v) is 11.9. The molecule has 0 bridgehead atoms. The molecule has 4 rings (SSSR count). The number of pyridine rings is 1. The van der Waals surface area contributed by atoms with Crippen molar-refractivity contribution < 1.29 is 30.7 Å². The van der Waals surface area contributed by atoms with E-state index in [1.54, 1.807) is 13.0 Å². The fourth-order valence-electron chi connectivity index (χ4n) is 4.17. The molecular formula is C21H24F4N4O3S. The van der Waals surface area contributed by atoms with Crippen molar-refractivity contribution >= 4 is 21.5 Å². The summed E-state index contributed by atoms with van der Waals surface area (Å²) in [5, 5.41) is 0. The van der Waals surface area contributed by atoms with Crippen molar-refractivity contribution in [2.24, 2.45) is 0 Å². The van der Waals surface area contributed by atoms with E-state index in [4.69, 9.17) is 4.74 Å². The van der Waals surface area contributed by atoms with Crippen molar-refractivity contribution in [3.63, 3.8) is 0 Å². The van der Waals surface area contributed by atoms with Crippen LogP contribution in [0.2, 0.25) is 0 Å². The van der Waals surface area contributed by atoms with E-state index >= 15 is 0 Å². The number of ether oxygens (including phenoxy) is 1. The molecule has 1 aromatic carbocycles. The van der Waals surface area contributed by atoms with Crippen LogP contribution in [0.3, 0.4) is 0 Å². The maximum absolute atomic E-state index is 13.5. The zero-order valence-electron chi connectivity index (χ0n) is 17.9. The molecule has 0 radical (unpaired) electrons. The Hall–Kier alpha value is -2.44. The van der Waals surface area contributed by atoms with E-state index in [1.165, 1.54) is 21.5 Å². The van der Waals surface area contributed by atoms with E-state index in [9.17, 15) is 26.0 Å². The van der Waals surface area contributed by atoms with Gasteiger partial charge in [0.1, 0.15) is 16.5 Å². The van der Waals surface area contributed by atoms with E-state index in [0.717, 1.165) is 12.1 Å². The zero-order chi connectivity index (χ0) is 23.8. The smallest absolute Gasteiger partial charge is 0.378 e. The number of sulfonamides is 1. The predicted octanol–water partition coefficient (Wildman–Crippen LogP) is 2.98. The van der Waals surface area contributed by atoms with Gasteiger partial charge in [0, 0.05) is 50.6 Å². The summed E-state index contributed by atoms with van der Waals surface area (Å²) in [6.07, 6.45) is -3.42. The Labute approximate surface area is 189 Å². The Kier molecular flexibility index (Phi) is 6.52. The molecule has 33 heavy (non-hydrogen) atoms. The predicted molar refractivity (Wildman–Crippen MR) is 114 cm³/mol. The molecule has 2 aliphatic rings. The molecule has 0 spiro atoms. The second-order valence-corrected chi connectivity index (χ2v) is 9.91. The highest BCUT2D eigenvalue weighted by Gasteiger charge is 2.39. The Bertz CT molecular complexity index is 1090. The summed E-state index contributed by atoms with van der Waals surface area (Å²) in [7, 11) is -3.89. The van der Waals surface area contributed by atoms with Crippen LogP contribution in [0.4, 0.5) is 29.1 Å². The van der Waals surface area contributed by atoms with Crippen molar-refractivity contribution in [1.29, 1.82) is 0 Å². The molecule has 2 saturated heterocycles. The van der Waals surface area contributed by atoms with Gasteiger partial charge in [0.05, 0.1) is 18.8 Å². The van der Waals surface area contributed by atoms with Crippen LogP contribution in [0, 0.1) is 5.82 Å². The number of anilines is 2. The third-order valence-electron chi connectivity index (χ3n) is 5.83. The molecule has 7 nitrogen and oxygen atoms in total. The molecule has 12 heteroatoms. The van der Waals surface area contributed by atoms with Gasteiger partial charge < -0.3 is 14.5 Å². The van der Waals surface area contributed by atoms with Crippen molar-refractivity contribution in [2.75, 3.05) is 55.7 Å². The molecule has 1 atom stereocenters. The normalized spacial score (nSPS) is 20.8. The Morgan fingerprint density at radius 3 is 2.36 bits per heavy atom. The van der Waals surface area contributed by atoms with E-state index in [2.05, 4.69) is 4.98 Å². The summed E-state index contributed by atoms with van der Waals surface area (Å²) in [6.45, 7) is 4.19. The number of aromatic nitrogens is 1. The van der Waals surface area contributed by atoms with Gasteiger partial charge in [0.2, 0.25) is 10.0 Å². The second kappa shape index (κ2) is 9.07. The minimum atomic E-state index is -4.72. The summed E-state index contributed by atoms with van der Waals surface area (Å²) in [4.78, 5) is 7.76. The quantitative estimate of drug-likeness (QED) is 0.617. The van der Waals surface area contributed by atoms with Crippen LogP contribution in [-0.2, 0) is 20.9 Å². The highest BCUT2D eigenvalue weighted by molar-refractivity contribution is 7.89. The van der Waals surface area contributed by atoms with Crippen molar-refractivity contribution in [2.45, 2.75) is 24.0 Å². The van der Waals surface area contributed by atoms with Gasteiger partial charge in [-0.25, -0.2) is 17.8 Å². The van der Waals surface area contributed by atoms with Gasteiger partial charge in [-0.05, 0) is 37.3 Å². The van der Waals surface area contributed by atoms with Gasteiger partial charge in [-0.3, -0.25) is 0 Å². The fourth-order valence-corrected chi connectivity index (χ4v) is 5.73. The third-order valence-corrected chi connectivity index (χ3v) is 7.83. The minimum Gasteiger partial charge on any atom is -0.378 e. The van der Waals surface area contributed by atoms with Crippen molar-refractivity contribution in [1.82, 2.24) is 9.29 Å². The number of rotatable bonds is 4. The summed E-state index contributed by atoms with van der Waals surface area (Å²) < 4.78 is 86.7. The summed E-state index contributed by atoms with van der Waals surface area (Å²) >= 11 is 0. The van der Waals surface area contributed by atoms with E-state index < -0.39 is 33.6 Å². The van der Waals surface area contributed by atoms with Crippen LogP contribution >= 0.6 is 0 Å². The van der Waals surface area contributed by atoms with Gasteiger partial charge in [-0.15, -0.1) is 0 Å². The second-order valence-electron chi connectivity index (χ2n) is 8.02. The van der Waals surface area contributed by atoms with E-state index in [-0.39, 0.29) is 30.2 Å². The number of halogens is 4. The number of benzene rings is 1. The van der Waals surface area contributed by atoms with Crippen molar-refractivity contribution in [3.05, 3.63) is 47.9 Å². The first-order valence-electron chi connectivity index (χ1n) is 10.5. The maximum Gasteiger partial charge on any atom is 0.418 e. The summed E-state index contributed by atoms with van der Waals surface area (Å²) in [6, 6.07) is 5.06. The van der Waals surface area contributed by atoms with Gasteiger partial charge in [-0.2, -0.15) is 17.5 Å². The number of piperazine rings is 1. The van der Waals surface area contributed by atoms with Crippen LogP contribution in [0.15, 0.2) is 41.4 Å². The largest absolute Gasteiger partial charge is 0.418 e. The topological polar surface area (TPSA) is 66.0 Å². The molecule has 0 unspecified atom stereocenters. The van der Waals surface area contributed by atoms with Gasteiger partial charge in [0.15, 0.2) is 0 Å². The summed E-state index contributed by atoms with van der Waals surface area (Å²) in [5.74, 6) is -0.320. The molecular weight excluding hydrogens is 464 g/mol. The first kappa shape index (κ1) is 23.7. The molecule has 2 fully saturated rings. The highest BCUT2D eigenvalue weighted by Crippen LogP contribution is 2.38. The average Bonchev–Trinajstić information content (AvgIpc) is 2.79. The number of morpholine rings is 1. The lowest BCUT2D eigenvalue weighted by molar-refractivity contribution is -0.137. The Balaban J connectivity index is 1.51. The van der Waals surface area contributed by atoms with Gasteiger partial charge in [0.25, 0.3) is 0 Å². The third kappa shape index (κ3) is 4.92. The molecule has 0 saturated carbocycles.